The maximum Gasteiger partial charge on any atom is 0.345 e. The molecule has 2 aromatic carbocycles. The summed E-state index contributed by atoms with van der Waals surface area (Å²) in [7, 11) is 0. The van der Waals surface area contributed by atoms with E-state index in [1.807, 2.05) is 12.2 Å². The number of ether oxygens (including phenoxy) is 1. The van der Waals surface area contributed by atoms with Crippen molar-refractivity contribution in [1.29, 1.82) is 0 Å². The average Bonchev–Trinajstić information content (AvgIpc) is 3.03. The summed E-state index contributed by atoms with van der Waals surface area (Å²) >= 11 is 0. The molecule has 2 unspecified atom stereocenters. The van der Waals surface area contributed by atoms with Crippen molar-refractivity contribution >= 4 is 23.5 Å². The topological polar surface area (TPSA) is 138 Å². The van der Waals surface area contributed by atoms with Crippen molar-refractivity contribution in [3.8, 4) is 0 Å². The van der Waals surface area contributed by atoms with Crippen LogP contribution in [0.3, 0.4) is 0 Å². The van der Waals surface area contributed by atoms with Crippen LogP contribution >= 0.6 is 0 Å². The van der Waals surface area contributed by atoms with E-state index in [9.17, 15) is 29.4 Å². The van der Waals surface area contributed by atoms with Crippen LogP contribution in [-0.4, -0.2) is 57.6 Å². The fourth-order valence-electron chi connectivity index (χ4n) is 4.91. The molecule has 0 heterocycles. The molecule has 0 aliphatic rings. The number of aliphatic hydroxyl groups is 3. The molecular weight excluding hydrogens is 548 g/mol. The van der Waals surface area contributed by atoms with Gasteiger partial charge in [-0.3, -0.25) is 9.59 Å². The number of unbranched alkanes of at least 4 members (excludes halogenated alkanes) is 7. The first-order valence-electron chi connectivity index (χ1n) is 15.4. The Hall–Kier alpha value is -3.46. The molecule has 0 bridgehead atoms. The molecule has 2 atom stereocenters. The zero-order valence-electron chi connectivity index (χ0n) is 25.2. The highest BCUT2D eigenvalue weighted by Crippen LogP contribution is 2.36. The van der Waals surface area contributed by atoms with E-state index in [2.05, 4.69) is 6.92 Å². The van der Waals surface area contributed by atoms with E-state index in [-0.39, 0.29) is 23.7 Å². The molecule has 0 fully saturated rings. The Bertz CT molecular complexity index is 1110. The molecule has 0 aliphatic heterocycles. The van der Waals surface area contributed by atoms with Crippen molar-refractivity contribution in [3.63, 3.8) is 0 Å². The molecule has 0 saturated heterocycles. The van der Waals surface area contributed by atoms with Crippen molar-refractivity contribution in [3.05, 3.63) is 83.9 Å². The van der Waals surface area contributed by atoms with Gasteiger partial charge in [0, 0.05) is 11.1 Å². The quantitative estimate of drug-likeness (QED) is 0.0544. The second-order valence-electron chi connectivity index (χ2n) is 10.9. The molecule has 43 heavy (non-hydrogen) atoms. The van der Waals surface area contributed by atoms with Crippen LogP contribution in [0, 0.1) is 5.41 Å². The summed E-state index contributed by atoms with van der Waals surface area (Å²) in [6.45, 7) is 1.18. The summed E-state index contributed by atoms with van der Waals surface area (Å²) in [5, 5.41) is 29.0. The van der Waals surface area contributed by atoms with Crippen LogP contribution in [0.25, 0.3) is 0 Å². The molecule has 2 aromatic rings. The average molecular weight is 595 g/mol. The molecule has 234 valence electrons. The number of carbonyl (C=O) groups is 4. The van der Waals surface area contributed by atoms with Crippen LogP contribution in [-0.2, 0) is 14.3 Å². The molecule has 3 N–H and O–H groups in total. The monoisotopic (exact) mass is 594 g/mol. The lowest BCUT2D eigenvalue weighted by Crippen LogP contribution is -2.49. The second-order valence-corrected chi connectivity index (χ2v) is 10.9. The standard InChI is InChI=1S/C35H46O8/c1-2-3-4-16-23-29(37)24-17-8-6-5-7-9-18-25-35(31(39)27-19-12-10-13-20-27,32(40)28-21-14-11-15-22-28)34(42)43-33(41)30(38)26-36/h8,10-15,17,19-22,29-30,36-38H,2-7,9,16,18,23-26H2,1H3/b17-8-. The van der Waals surface area contributed by atoms with E-state index in [0.717, 1.165) is 38.5 Å². The van der Waals surface area contributed by atoms with E-state index >= 15 is 0 Å². The number of ketones is 2. The third kappa shape index (κ3) is 11.3. The van der Waals surface area contributed by atoms with Crippen molar-refractivity contribution in [2.24, 2.45) is 5.41 Å². The highest BCUT2D eigenvalue weighted by atomic mass is 16.6. The second kappa shape index (κ2) is 19.7. The lowest BCUT2D eigenvalue weighted by Gasteiger charge is -2.29. The number of allylic oxidation sites excluding steroid dienone is 1. The van der Waals surface area contributed by atoms with Gasteiger partial charge in [-0.15, -0.1) is 0 Å². The number of aliphatic hydroxyl groups excluding tert-OH is 3. The minimum absolute atomic E-state index is 0.108. The smallest absolute Gasteiger partial charge is 0.345 e. The third-order valence-corrected chi connectivity index (χ3v) is 7.47. The van der Waals surface area contributed by atoms with E-state index in [1.54, 1.807) is 36.4 Å². The van der Waals surface area contributed by atoms with Gasteiger partial charge in [0.1, 0.15) is 0 Å². The molecule has 0 spiro atoms. The maximum absolute atomic E-state index is 14.0. The van der Waals surface area contributed by atoms with Crippen molar-refractivity contribution in [1.82, 2.24) is 0 Å². The normalized spacial score (nSPS) is 13.0. The fraction of sp³-hybridized carbons (Fsp3) is 0.486. The number of esters is 2. The van der Waals surface area contributed by atoms with Crippen LogP contribution in [0.5, 0.6) is 0 Å². The van der Waals surface area contributed by atoms with Gasteiger partial charge >= 0.3 is 11.9 Å². The van der Waals surface area contributed by atoms with Crippen LogP contribution < -0.4 is 0 Å². The van der Waals surface area contributed by atoms with Crippen LogP contribution in [0.1, 0.15) is 105 Å². The van der Waals surface area contributed by atoms with E-state index in [0.29, 0.717) is 19.3 Å². The minimum atomic E-state index is -2.36. The van der Waals surface area contributed by atoms with Gasteiger partial charge in [0.25, 0.3) is 0 Å². The van der Waals surface area contributed by atoms with Crippen LogP contribution in [0.15, 0.2) is 72.8 Å². The fourth-order valence-corrected chi connectivity index (χ4v) is 4.91. The number of Topliss-reactive ketones (excluding diaryl/α,β-unsaturated/α-hetero) is 2. The van der Waals surface area contributed by atoms with Crippen LogP contribution in [0.4, 0.5) is 0 Å². The van der Waals surface area contributed by atoms with Gasteiger partial charge in [-0.2, -0.15) is 0 Å². The molecule has 0 radical (unpaired) electrons. The summed E-state index contributed by atoms with van der Waals surface area (Å²) in [6, 6.07) is 15.8. The Balaban J connectivity index is 2.13. The van der Waals surface area contributed by atoms with Gasteiger partial charge in [-0.05, 0) is 32.1 Å². The maximum atomic E-state index is 14.0. The van der Waals surface area contributed by atoms with E-state index < -0.39 is 41.6 Å². The van der Waals surface area contributed by atoms with Crippen molar-refractivity contribution in [2.45, 2.75) is 96.2 Å². The number of carbonyl (C=O) groups excluding carboxylic acids is 4. The zero-order chi connectivity index (χ0) is 31.5. The van der Waals surface area contributed by atoms with E-state index in [1.165, 1.54) is 37.1 Å². The molecule has 2 rings (SSSR count). The Kier molecular flexibility index (Phi) is 16.4. The lowest BCUT2D eigenvalue weighted by molar-refractivity contribution is -0.170. The predicted molar refractivity (Wildman–Crippen MR) is 164 cm³/mol. The van der Waals surface area contributed by atoms with Crippen molar-refractivity contribution in [2.75, 3.05) is 6.61 Å². The SMILES string of the molecule is CCCCCCC(O)C/C=C\CCCCCCC(C(=O)OC(=O)C(O)CO)(C(=O)c1ccccc1)C(=O)c1ccccc1. The molecule has 0 aromatic heterocycles. The Labute approximate surface area is 254 Å². The molecule has 0 aliphatic carbocycles. The van der Waals surface area contributed by atoms with Crippen LogP contribution in [0.2, 0.25) is 0 Å². The minimum Gasteiger partial charge on any atom is -0.393 e. The largest absolute Gasteiger partial charge is 0.393 e. The number of benzene rings is 2. The highest BCUT2D eigenvalue weighted by molar-refractivity contribution is 6.31. The lowest BCUT2D eigenvalue weighted by atomic mass is 9.70. The first kappa shape index (κ1) is 35.7. The Morgan fingerprint density at radius 2 is 1.33 bits per heavy atom. The Morgan fingerprint density at radius 3 is 1.88 bits per heavy atom. The third-order valence-electron chi connectivity index (χ3n) is 7.47. The first-order valence-corrected chi connectivity index (χ1v) is 15.4. The first-order chi connectivity index (χ1) is 20.8. The molecule has 8 nitrogen and oxygen atoms in total. The van der Waals surface area contributed by atoms with Crippen molar-refractivity contribution < 1.29 is 39.2 Å². The summed E-state index contributed by atoms with van der Waals surface area (Å²) < 4.78 is 4.87. The van der Waals surface area contributed by atoms with Gasteiger partial charge in [0.05, 0.1) is 12.7 Å². The van der Waals surface area contributed by atoms with Gasteiger partial charge in [0.2, 0.25) is 0 Å². The summed E-state index contributed by atoms with van der Waals surface area (Å²) in [6.07, 6.45) is 10.9. The summed E-state index contributed by atoms with van der Waals surface area (Å²) in [5.74, 6) is -4.40. The number of hydrogen-bond acceptors (Lipinski definition) is 8. The Morgan fingerprint density at radius 1 is 0.767 bits per heavy atom. The summed E-state index contributed by atoms with van der Waals surface area (Å²) in [5.41, 5.74) is -2.14. The number of rotatable bonds is 21. The van der Waals surface area contributed by atoms with Gasteiger partial charge < -0.3 is 20.1 Å². The zero-order valence-corrected chi connectivity index (χ0v) is 25.2. The number of hydrogen-bond donors (Lipinski definition) is 3. The van der Waals surface area contributed by atoms with E-state index in [4.69, 9.17) is 9.84 Å². The summed E-state index contributed by atoms with van der Waals surface area (Å²) in [4.78, 5) is 53.8. The predicted octanol–water partition coefficient (Wildman–Crippen LogP) is 5.78. The molecule has 8 heteroatoms. The molecule has 0 saturated carbocycles. The molecular formula is C35H46O8. The van der Waals surface area contributed by atoms with Gasteiger partial charge in [-0.25, -0.2) is 9.59 Å². The highest BCUT2D eigenvalue weighted by Gasteiger charge is 2.54. The molecule has 0 amide bonds. The van der Waals surface area contributed by atoms with Gasteiger partial charge in [-0.1, -0.05) is 125 Å². The van der Waals surface area contributed by atoms with Gasteiger partial charge in [0.15, 0.2) is 23.1 Å².